The van der Waals surface area contributed by atoms with Crippen LogP contribution in [0.1, 0.15) is 13.8 Å². The number of hydrogen-bond donors (Lipinski definition) is 0. The van der Waals surface area contributed by atoms with Gasteiger partial charge in [-0.15, -0.1) is 0 Å². The monoisotopic (exact) mass is 442 g/mol. The van der Waals surface area contributed by atoms with Crippen molar-refractivity contribution in [3.05, 3.63) is 22.8 Å². The molecule has 30 heavy (non-hydrogen) atoms. The van der Waals surface area contributed by atoms with E-state index in [-0.39, 0.29) is 18.8 Å². The Balaban J connectivity index is 1.91. The summed E-state index contributed by atoms with van der Waals surface area (Å²) in [5.41, 5.74) is -6.35. The topological polar surface area (TPSA) is 71.1 Å². The Kier molecular flexibility index (Phi) is 4.56. The van der Waals surface area contributed by atoms with Gasteiger partial charge in [-0.05, 0) is 19.9 Å². The molecule has 12 heteroatoms. The Morgan fingerprint density at radius 1 is 0.967 bits per heavy atom. The van der Waals surface area contributed by atoms with Crippen molar-refractivity contribution in [1.29, 1.82) is 0 Å². The van der Waals surface area contributed by atoms with Gasteiger partial charge >= 0.3 is 24.3 Å². The molecular formula is C18H16F6O6. The highest BCUT2D eigenvalue weighted by molar-refractivity contribution is 5.95. The van der Waals surface area contributed by atoms with Crippen LogP contribution in [0.25, 0.3) is 0 Å². The number of fused-ring (bicyclic) bond motifs is 9. The zero-order valence-electron chi connectivity index (χ0n) is 15.6. The van der Waals surface area contributed by atoms with Crippen LogP contribution in [-0.2, 0) is 28.5 Å². The average Bonchev–Trinajstić information content (AvgIpc) is 3.35. The van der Waals surface area contributed by atoms with Crippen molar-refractivity contribution in [1.82, 2.24) is 0 Å². The molecule has 2 saturated heterocycles. The predicted octanol–water partition coefficient (Wildman–Crippen LogP) is 2.62. The van der Waals surface area contributed by atoms with E-state index in [0.29, 0.717) is 0 Å². The van der Waals surface area contributed by atoms with Crippen molar-refractivity contribution in [2.75, 3.05) is 13.2 Å². The van der Waals surface area contributed by atoms with E-state index < -0.39 is 71.2 Å². The maximum absolute atomic E-state index is 13.8. The van der Waals surface area contributed by atoms with Gasteiger partial charge in [-0.3, -0.25) is 4.79 Å². The van der Waals surface area contributed by atoms with Gasteiger partial charge in [0.05, 0.1) is 42.1 Å². The molecule has 2 fully saturated rings. The molecule has 0 radical (unpaired) electrons. The highest BCUT2D eigenvalue weighted by atomic mass is 19.4. The molecule has 0 saturated carbocycles. The van der Waals surface area contributed by atoms with Crippen LogP contribution < -0.4 is 0 Å². The van der Waals surface area contributed by atoms with Crippen molar-refractivity contribution in [3.8, 4) is 0 Å². The molecule has 0 spiro atoms. The van der Waals surface area contributed by atoms with Crippen molar-refractivity contribution in [3.63, 3.8) is 0 Å². The van der Waals surface area contributed by atoms with Gasteiger partial charge in [0.2, 0.25) is 0 Å². The Labute approximate surface area is 165 Å². The van der Waals surface area contributed by atoms with E-state index in [4.69, 9.17) is 18.9 Å². The summed E-state index contributed by atoms with van der Waals surface area (Å²) in [6, 6.07) is 0. The van der Waals surface area contributed by atoms with Gasteiger partial charge in [0.15, 0.2) is 0 Å². The summed E-state index contributed by atoms with van der Waals surface area (Å²) in [4.78, 5) is 25.2. The number of halogens is 6. The van der Waals surface area contributed by atoms with E-state index in [0.717, 1.165) is 0 Å². The van der Waals surface area contributed by atoms with E-state index in [2.05, 4.69) is 0 Å². The second-order valence-electron chi connectivity index (χ2n) is 7.26. The Morgan fingerprint density at radius 3 is 2.10 bits per heavy atom. The molecule has 4 bridgehead atoms. The SMILES string of the molecule is CCOC(=O)C1=C[C@@H]2O[C@H]1[C@]1(C(=O)OCC)[C@H]2[C@@H]2O[C@H]1C(C(F)(F)F)=C2C(F)(F)F. The number of esters is 2. The minimum atomic E-state index is -5.43. The first kappa shape index (κ1) is 21.2. The number of ether oxygens (including phenoxy) is 4. The maximum atomic E-state index is 13.8. The molecular weight excluding hydrogens is 426 g/mol. The molecule has 4 rings (SSSR count). The summed E-state index contributed by atoms with van der Waals surface area (Å²) >= 11 is 0. The lowest BCUT2D eigenvalue weighted by molar-refractivity contribution is -0.167. The predicted molar refractivity (Wildman–Crippen MR) is 83.7 cm³/mol. The Bertz CT molecular complexity index is 858. The number of hydrogen-bond acceptors (Lipinski definition) is 6. The molecule has 0 amide bonds. The molecule has 0 aromatic heterocycles. The van der Waals surface area contributed by atoms with Crippen molar-refractivity contribution in [2.45, 2.75) is 50.6 Å². The minimum absolute atomic E-state index is 0.0577. The summed E-state index contributed by atoms with van der Waals surface area (Å²) in [6.07, 6.45) is -16.8. The quantitative estimate of drug-likeness (QED) is 0.379. The average molecular weight is 442 g/mol. The summed E-state index contributed by atoms with van der Waals surface area (Å²) in [5, 5.41) is 0. The van der Waals surface area contributed by atoms with Gasteiger partial charge in [0.25, 0.3) is 0 Å². The third-order valence-electron chi connectivity index (χ3n) is 5.89. The van der Waals surface area contributed by atoms with Crippen molar-refractivity contribution < 1.29 is 54.9 Å². The Morgan fingerprint density at radius 2 is 1.57 bits per heavy atom. The second kappa shape index (κ2) is 6.46. The van der Waals surface area contributed by atoms with E-state index >= 15 is 0 Å². The summed E-state index contributed by atoms with van der Waals surface area (Å²) in [5.74, 6) is -3.55. The molecule has 0 aromatic rings. The van der Waals surface area contributed by atoms with Gasteiger partial charge in [-0.2, -0.15) is 26.3 Å². The van der Waals surface area contributed by atoms with E-state index in [1.54, 1.807) is 0 Å². The number of carbonyl (C=O) groups is 2. The van der Waals surface area contributed by atoms with E-state index in [1.807, 2.05) is 0 Å². The molecule has 0 aliphatic carbocycles. The van der Waals surface area contributed by atoms with Crippen molar-refractivity contribution in [2.24, 2.45) is 11.3 Å². The van der Waals surface area contributed by atoms with Crippen LogP contribution in [0.15, 0.2) is 22.8 Å². The van der Waals surface area contributed by atoms with Crippen LogP contribution in [0.3, 0.4) is 0 Å². The van der Waals surface area contributed by atoms with Crippen LogP contribution in [0.4, 0.5) is 26.3 Å². The highest BCUT2D eigenvalue weighted by Gasteiger charge is 2.82. The molecule has 0 N–H and O–H groups in total. The van der Waals surface area contributed by atoms with Crippen LogP contribution >= 0.6 is 0 Å². The van der Waals surface area contributed by atoms with Gasteiger partial charge in [-0.25, -0.2) is 4.79 Å². The van der Waals surface area contributed by atoms with Gasteiger partial charge in [-0.1, -0.05) is 0 Å². The Hall–Kier alpha value is -2.08. The maximum Gasteiger partial charge on any atom is 0.415 e. The smallest absolute Gasteiger partial charge is 0.415 e. The van der Waals surface area contributed by atoms with Gasteiger partial charge < -0.3 is 18.9 Å². The van der Waals surface area contributed by atoms with Crippen LogP contribution in [0.5, 0.6) is 0 Å². The minimum Gasteiger partial charge on any atom is -0.465 e. The number of rotatable bonds is 4. The van der Waals surface area contributed by atoms with Crippen molar-refractivity contribution >= 4 is 11.9 Å². The standard InChI is InChI=1S/C18H16F6O6/c1-3-27-14(25)6-5-7-8-11-9(17(19,20)21)10(18(22,23)24)13(30-11)16(8,12(6)29-7)15(26)28-4-2/h5,7-8,11-13H,3-4H2,1-2H3/t7-,8+,11-,12+,13-,16+/m0/s1. The lowest BCUT2D eigenvalue weighted by Crippen LogP contribution is -2.57. The van der Waals surface area contributed by atoms with Crippen LogP contribution in [0.2, 0.25) is 0 Å². The zero-order chi connectivity index (χ0) is 22.2. The molecule has 166 valence electrons. The number of carbonyl (C=O) groups excluding carboxylic acids is 2. The molecule has 0 aromatic carbocycles. The highest BCUT2D eigenvalue weighted by Crippen LogP contribution is 2.69. The molecule has 6 nitrogen and oxygen atoms in total. The first-order valence-corrected chi connectivity index (χ1v) is 9.16. The normalized spacial score (nSPS) is 36.8. The summed E-state index contributed by atoms with van der Waals surface area (Å²) in [7, 11) is 0. The van der Waals surface area contributed by atoms with E-state index in [9.17, 15) is 35.9 Å². The number of alkyl halides is 6. The third kappa shape index (κ3) is 2.52. The molecule has 0 unspecified atom stereocenters. The largest absolute Gasteiger partial charge is 0.465 e. The fraction of sp³-hybridized carbons (Fsp3) is 0.667. The fourth-order valence-corrected chi connectivity index (χ4v) is 5.08. The van der Waals surface area contributed by atoms with Gasteiger partial charge in [0, 0.05) is 5.92 Å². The lowest BCUT2D eigenvalue weighted by Gasteiger charge is -2.41. The summed E-state index contributed by atoms with van der Waals surface area (Å²) < 4.78 is 103. The van der Waals surface area contributed by atoms with Crippen LogP contribution in [0, 0.1) is 11.3 Å². The second-order valence-corrected chi connectivity index (χ2v) is 7.26. The lowest BCUT2D eigenvalue weighted by atomic mass is 9.58. The molecule has 4 aliphatic rings. The zero-order valence-corrected chi connectivity index (χ0v) is 15.6. The third-order valence-corrected chi connectivity index (χ3v) is 5.89. The first-order chi connectivity index (χ1) is 13.9. The molecule has 6 atom stereocenters. The van der Waals surface area contributed by atoms with E-state index in [1.165, 1.54) is 19.9 Å². The molecule has 4 heterocycles. The van der Waals surface area contributed by atoms with Crippen LogP contribution in [-0.4, -0.2) is 61.9 Å². The molecule has 4 aliphatic heterocycles. The first-order valence-electron chi connectivity index (χ1n) is 9.16. The van der Waals surface area contributed by atoms with Gasteiger partial charge in [0.1, 0.15) is 17.6 Å². The summed E-state index contributed by atoms with van der Waals surface area (Å²) in [6.45, 7) is 2.60. The fourth-order valence-electron chi connectivity index (χ4n) is 5.08.